The van der Waals surface area contributed by atoms with Gasteiger partial charge in [-0.05, 0) is 50.5 Å². The van der Waals surface area contributed by atoms with E-state index in [1.165, 1.54) is 10.9 Å². The van der Waals surface area contributed by atoms with Crippen molar-refractivity contribution in [1.82, 2.24) is 25.1 Å². The molecule has 3 N–H and O–H groups in total. The zero-order valence-corrected chi connectivity index (χ0v) is 15.0. The molecule has 0 aliphatic heterocycles. The summed E-state index contributed by atoms with van der Waals surface area (Å²) in [7, 11) is 0. The molecule has 2 aromatic heterocycles. The molecule has 0 bridgehead atoms. The van der Waals surface area contributed by atoms with Crippen molar-refractivity contribution in [3.05, 3.63) is 39.8 Å². The number of ether oxygens (including phenoxy) is 1. The largest absolute Gasteiger partial charge is 0.504 e. The number of hydrogen-bond donors (Lipinski definition) is 3. The average Bonchev–Trinajstić information content (AvgIpc) is 3.32. The highest BCUT2D eigenvalue weighted by atomic mass is 32.1. The minimum Gasteiger partial charge on any atom is -0.504 e. The number of aromatic hydroxyl groups is 1. The molecule has 3 aromatic rings. The Balaban J connectivity index is 1.72. The van der Waals surface area contributed by atoms with Crippen LogP contribution in [0.5, 0.6) is 11.5 Å². The van der Waals surface area contributed by atoms with Crippen molar-refractivity contribution in [3.8, 4) is 23.0 Å². The predicted octanol–water partition coefficient (Wildman–Crippen LogP) is 2.81. The number of H-pyrrole nitrogens is 2. The number of phenolic OH excluding ortho intramolecular Hbond substituents is 1. The standard InChI is InChI=1S/C17H18N6O2S/c1-2-25-13-8-3-5-10(15(13)24)9-18-23-16(21-22-17(23)26)14-11-6-4-7-12(11)19-20-14/h3,5,8-9,24H,2,4,6-7H2,1H3,(H,19,20)(H,22,26)/b18-9-. The number of para-hydroxylation sites is 1. The van der Waals surface area contributed by atoms with Gasteiger partial charge in [-0.25, -0.2) is 5.10 Å². The van der Waals surface area contributed by atoms with Crippen LogP contribution in [0.3, 0.4) is 0 Å². The predicted molar refractivity (Wildman–Crippen MR) is 99.3 cm³/mol. The maximum atomic E-state index is 10.3. The Morgan fingerprint density at radius 3 is 3.08 bits per heavy atom. The SMILES string of the molecule is CCOc1cccc(/C=N\n2c(-c3n[nH]c4c3CCC4)n[nH]c2=S)c1O. The lowest BCUT2D eigenvalue weighted by Gasteiger charge is -2.07. The van der Waals surface area contributed by atoms with Gasteiger partial charge in [-0.1, -0.05) is 6.07 Å². The highest BCUT2D eigenvalue weighted by molar-refractivity contribution is 7.71. The van der Waals surface area contributed by atoms with Crippen molar-refractivity contribution >= 4 is 18.4 Å². The topological polar surface area (TPSA) is 104 Å². The summed E-state index contributed by atoms with van der Waals surface area (Å²) in [6, 6.07) is 5.25. The van der Waals surface area contributed by atoms with Gasteiger partial charge in [0.05, 0.1) is 12.8 Å². The van der Waals surface area contributed by atoms with Gasteiger partial charge in [0, 0.05) is 16.8 Å². The molecule has 0 amide bonds. The smallest absolute Gasteiger partial charge is 0.216 e. The van der Waals surface area contributed by atoms with Gasteiger partial charge in [-0.2, -0.15) is 20.0 Å². The van der Waals surface area contributed by atoms with Crippen LogP contribution in [0.1, 0.15) is 30.2 Å². The fourth-order valence-electron chi connectivity index (χ4n) is 3.09. The summed E-state index contributed by atoms with van der Waals surface area (Å²) in [6.45, 7) is 2.33. The Morgan fingerprint density at radius 2 is 2.23 bits per heavy atom. The van der Waals surface area contributed by atoms with E-state index in [9.17, 15) is 5.11 Å². The minimum atomic E-state index is 0.0373. The molecule has 134 valence electrons. The van der Waals surface area contributed by atoms with Crippen LogP contribution in [0.2, 0.25) is 0 Å². The normalized spacial score (nSPS) is 13.4. The summed E-state index contributed by atoms with van der Waals surface area (Å²) < 4.78 is 7.26. The van der Waals surface area contributed by atoms with Crippen LogP contribution >= 0.6 is 12.2 Å². The van der Waals surface area contributed by atoms with Crippen molar-refractivity contribution in [2.45, 2.75) is 26.2 Å². The monoisotopic (exact) mass is 370 g/mol. The molecule has 2 heterocycles. The Hall–Kier alpha value is -2.94. The maximum absolute atomic E-state index is 10.3. The van der Waals surface area contributed by atoms with E-state index in [0.717, 1.165) is 36.2 Å². The Labute approximate surface area is 154 Å². The van der Waals surface area contributed by atoms with E-state index >= 15 is 0 Å². The third-order valence-corrected chi connectivity index (χ3v) is 4.58. The molecule has 1 aliphatic rings. The molecule has 0 saturated carbocycles. The van der Waals surface area contributed by atoms with Crippen LogP contribution in [0.25, 0.3) is 11.5 Å². The van der Waals surface area contributed by atoms with Crippen LogP contribution in [-0.2, 0) is 12.8 Å². The quantitative estimate of drug-likeness (QED) is 0.473. The van der Waals surface area contributed by atoms with Gasteiger partial charge in [0.2, 0.25) is 10.6 Å². The number of aromatic amines is 2. The first-order valence-corrected chi connectivity index (χ1v) is 8.83. The number of nitrogens with one attached hydrogen (secondary N) is 2. The number of aromatic nitrogens is 5. The number of aryl methyl sites for hydroxylation is 1. The van der Waals surface area contributed by atoms with E-state index in [2.05, 4.69) is 25.5 Å². The fourth-order valence-corrected chi connectivity index (χ4v) is 3.27. The zero-order valence-electron chi connectivity index (χ0n) is 14.2. The van der Waals surface area contributed by atoms with Crippen LogP contribution in [0, 0.1) is 4.77 Å². The second kappa shape index (κ2) is 6.75. The lowest BCUT2D eigenvalue weighted by atomic mass is 10.2. The Kier molecular flexibility index (Phi) is 4.29. The zero-order chi connectivity index (χ0) is 18.1. The molecule has 0 unspecified atom stereocenters. The number of nitrogens with zero attached hydrogens (tertiary/aromatic N) is 4. The van der Waals surface area contributed by atoms with Crippen LogP contribution in [0.15, 0.2) is 23.3 Å². The number of hydrogen-bond acceptors (Lipinski definition) is 6. The van der Waals surface area contributed by atoms with Crippen molar-refractivity contribution in [2.24, 2.45) is 5.10 Å². The first-order valence-electron chi connectivity index (χ1n) is 8.42. The third-order valence-electron chi connectivity index (χ3n) is 4.31. The molecule has 0 spiro atoms. The lowest BCUT2D eigenvalue weighted by molar-refractivity contribution is 0.318. The van der Waals surface area contributed by atoms with Gasteiger partial charge in [-0.15, -0.1) is 0 Å². The van der Waals surface area contributed by atoms with E-state index in [-0.39, 0.29) is 5.75 Å². The number of benzene rings is 1. The van der Waals surface area contributed by atoms with Crippen molar-refractivity contribution < 1.29 is 9.84 Å². The van der Waals surface area contributed by atoms with E-state index in [1.807, 2.05) is 6.92 Å². The Morgan fingerprint density at radius 1 is 1.35 bits per heavy atom. The van der Waals surface area contributed by atoms with E-state index in [0.29, 0.717) is 28.5 Å². The molecule has 26 heavy (non-hydrogen) atoms. The molecule has 4 rings (SSSR count). The van der Waals surface area contributed by atoms with E-state index < -0.39 is 0 Å². The summed E-state index contributed by atoms with van der Waals surface area (Å²) in [4.78, 5) is 0. The molecule has 0 saturated heterocycles. The minimum absolute atomic E-state index is 0.0373. The molecule has 8 nitrogen and oxygen atoms in total. The van der Waals surface area contributed by atoms with Gasteiger partial charge in [-0.3, -0.25) is 5.10 Å². The fraction of sp³-hybridized carbons (Fsp3) is 0.294. The van der Waals surface area contributed by atoms with Gasteiger partial charge in [0.25, 0.3) is 0 Å². The number of phenols is 1. The van der Waals surface area contributed by atoms with Crippen molar-refractivity contribution in [1.29, 1.82) is 0 Å². The second-order valence-corrected chi connectivity index (χ2v) is 6.31. The Bertz CT molecular complexity index is 1030. The first-order chi connectivity index (χ1) is 12.7. The second-order valence-electron chi connectivity index (χ2n) is 5.92. The first kappa shape index (κ1) is 16.5. The van der Waals surface area contributed by atoms with Gasteiger partial charge < -0.3 is 9.84 Å². The van der Waals surface area contributed by atoms with Gasteiger partial charge in [0.1, 0.15) is 5.69 Å². The highest BCUT2D eigenvalue weighted by Gasteiger charge is 2.23. The lowest BCUT2D eigenvalue weighted by Crippen LogP contribution is -1.98. The highest BCUT2D eigenvalue weighted by Crippen LogP contribution is 2.30. The molecule has 1 aromatic carbocycles. The molecule has 0 radical (unpaired) electrons. The summed E-state index contributed by atoms with van der Waals surface area (Å²) in [5, 5.41) is 29.2. The van der Waals surface area contributed by atoms with Crippen LogP contribution in [0.4, 0.5) is 0 Å². The number of rotatable bonds is 5. The average molecular weight is 370 g/mol. The molecular weight excluding hydrogens is 352 g/mol. The van der Waals surface area contributed by atoms with Crippen molar-refractivity contribution in [2.75, 3.05) is 6.61 Å². The molecule has 0 fully saturated rings. The number of fused-ring (bicyclic) bond motifs is 1. The summed E-state index contributed by atoms with van der Waals surface area (Å²) in [6.07, 6.45) is 4.58. The maximum Gasteiger partial charge on any atom is 0.216 e. The molecule has 0 atom stereocenters. The van der Waals surface area contributed by atoms with Crippen LogP contribution < -0.4 is 4.74 Å². The summed E-state index contributed by atoms with van der Waals surface area (Å²) in [5.41, 5.74) is 3.59. The summed E-state index contributed by atoms with van der Waals surface area (Å²) in [5.74, 6) is 0.999. The molecular formula is C17H18N6O2S. The van der Waals surface area contributed by atoms with Crippen molar-refractivity contribution in [3.63, 3.8) is 0 Å². The van der Waals surface area contributed by atoms with E-state index in [4.69, 9.17) is 17.0 Å². The molecule has 9 heteroatoms. The van der Waals surface area contributed by atoms with Crippen LogP contribution in [-0.4, -0.2) is 43.0 Å². The van der Waals surface area contributed by atoms with Gasteiger partial charge >= 0.3 is 0 Å². The summed E-state index contributed by atoms with van der Waals surface area (Å²) >= 11 is 5.30. The van der Waals surface area contributed by atoms with E-state index in [1.54, 1.807) is 18.2 Å². The van der Waals surface area contributed by atoms with Gasteiger partial charge in [0.15, 0.2) is 11.5 Å². The molecule has 1 aliphatic carbocycles. The third kappa shape index (κ3) is 2.80.